The molecule has 0 radical (unpaired) electrons. The summed E-state index contributed by atoms with van der Waals surface area (Å²) in [6, 6.07) is 14.4. The molecule has 28 heavy (non-hydrogen) atoms. The average molecular weight is 457 g/mol. The maximum absolute atomic E-state index is 12.9. The number of fused-ring (bicyclic) bond motifs is 2. The summed E-state index contributed by atoms with van der Waals surface area (Å²) in [6.07, 6.45) is 0. The zero-order valence-corrected chi connectivity index (χ0v) is 17.7. The van der Waals surface area contributed by atoms with E-state index in [-0.39, 0.29) is 11.6 Å². The maximum atomic E-state index is 12.9. The van der Waals surface area contributed by atoms with Crippen molar-refractivity contribution in [2.45, 2.75) is 30.8 Å². The maximum Gasteiger partial charge on any atom is 0.336 e. The van der Waals surface area contributed by atoms with Gasteiger partial charge in [0.05, 0.1) is 10.9 Å². The third-order valence-electron chi connectivity index (χ3n) is 4.44. The van der Waals surface area contributed by atoms with Crippen LogP contribution in [-0.4, -0.2) is 9.55 Å². The van der Waals surface area contributed by atoms with Gasteiger partial charge in [-0.05, 0) is 49.7 Å². The normalized spacial score (nSPS) is 11.6. The summed E-state index contributed by atoms with van der Waals surface area (Å²) in [5, 5.41) is 2.11. The molecule has 0 aliphatic heterocycles. The molecule has 7 heteroatoms. The molecule has 142 valence electrons. The Morgan fingerprint density at radius 3 is 2.68 bits per heavy atom. The minimum Gasteiger partial charge on any atom is -0.423 e. The van der Waals surface area contributed by atoms with Crippen molar-refractivity contribution in [3.8, 4) is 0 Å². The minimum absolute atomic E-state index is 0.0272. The molecule has 0 aliphatic carbocycles. The Morgan fingerprint density at radius 2 is 1.89 bits per heavy atom. The van der Waals surface area contributed by atoms with Gasteiger partial charge in [0.1, 0.15) is 5.58 Å². The van der Waals surface area contributed by atoms with E-state index in [1.165, 1.54) is 17.8 Å². The third kappa shape index (κ3) is 3.52. The van der Waals surface area contributed by atoms with Crippen molar-refractivity contribution in [3.05, 3.63) is 79.3 Å². The SMILES string of the molecule is CC(C)n1c(SCc2cc(=O)oc3cc(Br)ccc23)nc2ccccc2c1=O. The third-order valence-corrected chi connectivity index (χ3v) is 5.94. The number of rotatable bonds is 4. The van der Waals surface area contributed by atoms with Gasteiger partial charge in [0.2, 0.25) is 0 Å². The molecule has 0 N–H and O–H groups in total. The lowest BCUT2D eigenvalue weighted by molar-refractivity contribution is 0.519. The molecule has 0 amide bonds. The Hall–Kier alpha value is -2.38. The van der Waals surface area contributed by atoms with E-state index in [9.17, 15) is 9.59 Å². The number of hydrogen-bond acceptors (Lipinski definition) is 5. The van der Waals surface area contributed by atoms with Gasteiger partial charge < -0.3 is 4.42 Å². The fraction of sp³-hybridized carbons (Fsp3) is 0.190. The Morgan fingerprint density at radius 1 is 1.11 bits per heavy atom. The van der Waals surface area contributed by atoms with Crippen molar-refractivity contribution >= 4 is 49.6 Å². The van der Waals surface area contributed by atoms with Crippen LogP contribution in [0.25, 0.3) is 21.9 Å². The zero-order valence-electron chi connectivity index (χ0n) is 15.3. The molecule has 0 saturated carbocycles. The highest BCUT2D eigenvalue weighted by molar-refractivity contribution is 9.10. The highest BCUT2D eigenvalue weighted by atomic mass is 79.9. The summed E-state index contributed by atoms with van der Waals surface area (Å²) >= 11 is 4.84. The summed E-state index contributed by atoms with van der Waals surface area (Å²) in [4.78, 5) is 29.6. The second-order valence-electron chi connectivity index (χ2n) is 6.70. The number of para-hydroxylation sites is 1. The van der Waals surface area contributed by atoms with Gasteiger partial charge in [0.25, 0.3) is 5.56 Å². The first-order valence-corrected chi connectivity index (χ1v) is 10.6. The van der Waals surface area contributed by atoms with Crippen LogP contribution >= 0.6 is 27.7 Å². The first-order chi connectivity index (χ1) is 13.4. The van der Waals surface area contributed by atoms with Gasteiger partial charge in [-0.15, -0.1) is 0 Å². The number of aromatic nitrogens is 2. The van der Waals surface area contributed by atoms with Crippen LogP contribution in [-0.2, 0) is 5.75 Å². The highest BCUT2D eigenvalue weighted by Crippen LogP contribution is 2.28. The molecule has 2 heterocycles. The molecular formula is C21H17BrN2O3S. The highest BCUT2D eigenvalue weighted by Gasteiger charge is 2.15. The van der Waals surface area contributed by atoms with Crippen LogP contribution in [0.2, 0.25) is 0 Å². The summed E-state index contributed by atoms with van der Waals surface area (Å²) < 4.78 is 7.86. The number of benzene rings is 2. The van der Waals surface area contributed by atoms with E-state index in [4.69, 9.17) is 9.40 Å². The molecular weight excluding hydrogens is 440 g/mol. The number of nitrogens with zero attached hydrogens (tertiary/aromatic N) is 2. The fourth-order valence-electron chi connectivity index (χ4n) is 3.15. The van der Waals surface area contributed by atoms with Crippen molar-refractivity contribution in [2.24, 2.45) is 0 Å². The molecule has 0 fully saturated rings. The Balaban J connectivity index is 1.80. The van der Waals surface area contributed by atoms with E-state index in [1.54, 1.807) is 16.7 Å². The van der Waals surface area contributed by atoms with Crippen LogP contribution in [0.4, 0.5) is 0 Å². The van der Waals surface area contributed by atoms with E-state index in [0.29, 0.717) is 27.4 Å². The van der Waals surface area contributed by atoms with Gasteiger partial charge in [0.15, 0.2) is 5.16 Å². The van der Waals surface area contributed by atoms with Crippen LogP contribution in [0.1, 0.15) is 25.5 Å². The lowest BCUT2D eigenvalue weighted by Crippen LogP contribution is -2.25. The molecule has 0 aliphatic rings. The minimum atomic E-state index is -0.395. The van der Waals surface area contributed by atoms with E-state index < -0.39 is 5.63 Å². The van der Waals surface area contributed by atoms with Crippen molar-refractivity contribution < 1.29 is 4.42 Å². The van der Waals surface area contributed by atoms with Crippen LogP contribution in [0.5, 0.6) is 0 Å². The summed E-state index contributed by atoms with van der Waals surface area (Å²) in [7, 11) is 0. The summed E-state index contributed by atoms with van der Waals surface area (Å²) in [5.74, 6) is 0.501. The van der Waals surface area contributed by atoms with Crippen LogP contribution in [0.15, 0.2) is 72.2 Å². The summed E-state index contributed by atoms with van der Waals surface area (Å²) in [6.45, 7) is 3.93. The van der Waals surface area contributed by atoms with Crippen molar-refractivity contribution in [1.29, 1.82) is 0 Å². The second kappa shape index (κ2) is 7.56. The monoisotopic (exact) mass is 456 g/mol. The van der Waals surface area contributed by atoms with Crippen LogP contribution in [0, 0.1) is 0 Å². The van der Waals surface area contributed by atoms with E-state index in [1.807, 2.05) is 44.2 Å². The molecule has 2 aromatic carbocycles. The van der Waals surface area contributed by atoms with E-state index in [2.05, 4.69) is 15.9 Å². The molecule has 4 aromatic rings. The Kier molecular flexibility index (Phi) is 5.12. The Bertz CT molecular complexity index is 1310. The van der Waals surface area contributed by atoms with Gasteiger partial charge in [-0.1, -0.05) is 39.8 Å². The molecule has 0 atom stereocenters. The zero-order chi connectivity index (χ0) is 19.8. The molecule has 0 saturated heterocycles. The Labute approximate surface area is 173 Å². The van der Waals surface area contributed by atoms with E-state index in [0.717, 1.165) is 15.4 Å². The van der Waals surface area contributed by atoms with Gasteiger partial charge in [-0.2, -0.15) is 0 Å². The molecule has 2 aromatic heterocycles. The predicted molar refractivity (Wildman–Crippen MR) is 116 cm³/mol. The molecule has 0 bridgehead atoms. The smallest absolute Gasteiger partial charge is 0.336 e. The van der Waals surface area contributed by atoms with Crippen molar-refractivity contribution in [3.63, 3.8) is 0 Å². The van der Waals surface area contributed by atoms with E-state index >= 15 is 0 Å². The first kappa shape index (κ1) is 19.0. The van der Waals surface area contributed by atoms with Gasteiger partial charge >= 0.3 is 5.63 Å². The van der Waals surface area contributed by atoms with Crippen LogP contribution in [0.3, 0.4) is 0 Å². The quantitative estimate of drug-likeness (QED) is 0.241. The molecule has 0 unspecified atom stereocenters. The predicted octanol–water partition coefficient (Wildman–Crippen LogP) is 5.14. The van der Waals surface area contributed by atoms with Gasteiger partial charge in [0, 0.05) is 27.7 Å². The molecule has 5 nitrogen and oxygen atoms in total. The molecule has 4 rings (SSSR count). The first-order valence-electron chi connectivity index (χ1n) is 8.80. The van der Waals surface area contributed by atoms with Crippen LogP contribution < -0.4 is 11.2 Å². The van der Waals surface area contributed by atoms with Gasteiger partial charge in [-0.3, -0.25) is 9.36 Å². The second-order valence-corrected chi connectivity index (χ2v) is 8.56. The number of halogens is 1. The van der Waals surface area contributed by atoms with Gasteiger partial charge in [-0.25, -0.2) is 9.78 Å². The largest absolute Gasteiger partial charge is 0.423 e. The standard InChI is InChI=1S/C21H17BrN2O3S/c1-12(2)24-20(26)16-5-3-4-6-17(16)23-21(24)28-11-13-9-19(25)27-18-10-14(22)7-8-15(13)18/h3-10,12H,11H2,1-2H3. The lowest BCUT2D eigenvalue weighted by Gasteiger charge is -2.16. The number of hydrogen-bond donors (Lipinski definition) is 0. The molecule has 0 spiro atoms. The number of thioether (sulfide) groups is 1. The van der Waals surface area contributed by atoms with Crippen molar-refractivity contribution in [2.75, 3.05) is 0 Å². The average Bonchev–Trinajstić information content (AvgIpc) is 2.65. The lowest BCUT2D eigenvalue weighted by atomic mass is 10.1. The van der Waals surface area contributed by atoms with Crippen molar-refractivity contribution in [1.82, 2.24) is 9.55 Å². The summed E-state index contributed by atoms with van der Waals surface area (Å²) in [5.41, 5.74) is 1.61. The fourth-order valence-corrected chi connectivity index (χ4v) is 4.61. The topological polar surface area (TPSA) is 65.1 Å².